The van der Waals surface area contributed by atoms with Crippen molar-refractivity contribution in [1.29, 1.82) is 0 Å². The van der Waals surface area contributed by atoms with Gasteiger partial charge in [0.05, 0.1) is 11.3 Å². The Kier molecular flexibility index (Phi) is 6.07. The maximum absolute atomic E-state index is 12.4. The average Bonchev–Trinajstić information content (AvgIpc) is 3.01. The van der Waals surface area contributed by atoms with Crippen LogP contribution in [0.25, 0.3) is 0 Å². The van der Waals surface area contributed by atoms with Crippen molar-refractivity contribution < 1.29 is 32.2 Å². The Morgan fingerprint density at radius 2 is 1.81 bits per heavy atom. The zero-order valence-corrected chi connectivity index (χ0v) is 17.6. The van der Waals surface area contributed by atoms with Crippen molar-refractivity contribution in [2.45, 2.75) is 63.9 Å². The summed E-state index contributed by atoms with van der Waals surface area (Å²) in [7, 11) is 0. The van der Waals surface area contributed by atoms with Crippen molar-refractivity contribution in [3.05, 3.63) is 35.9 Å². The number of pyridine rings is 1. The molecule has 8 nitrogen and oxygen atoms in total. The quantitative estimate of drug-likeness (QED) is 0.666. The van der Waals surface area contributed by atoms with E-state index in [1.165, 1.54) is 11.2 Å². The summed E-state index contributed by atoms with van der Waals surface area (Å²) < 4.78 is 53.6. The number of carbonyl (C=O) groups excluding carboxylic acids is 1. The molecule has 2 atom stereocenters. The van der Waals surface area contributed by atoms with Gasteiger partial charge in [-0.3, -0.25) is 4.98 Å². The van der Waals surface area contributed by atoms with Crippen LogP contribution in [0.5, 0.6) is 17.5 Å². The molecular weight excluding hydrogens is 429 g/mol. The molecule has 4 rings (SSSR count). The number of aromatic nitrogens is 3. The molecule has 0 spiro atoms. The highest BCUT2D eigenvalue weighted by Gasteiger charge is 2.46. The van der Waals surface area contributed by atoms with Gasteiger partial charge in [-0.1, -0.05) is 0 Å². The zero-order chi connectivity index (χ0) is 22.9. The number of hydrogen-bond donors (Lipinski definition) is 0. The summed E-state index contributed by atoms with van der Waals surface area (Å²) in [4.78, 5) is 26.2. The summed E-state index contributed by atoms with van der Waals surface area (Å²) in [6.45, 7) is 2.03. The monoisotopic (exact) mass is 452 g/mol. The molecule has 4 heterocycles. The van der Waals surface area contributed by atoms with Crippen LogP contribution in [-0.4, -0.2) is 56.9 Å². The Labute approximate surface area is 182 Å². The zero-order valence-electron chi connectivity index (χ0n) is 17.6. The highest BCUT2D eigenvalue weighted by molar-refractivity contribution is 5.69. The van der Waals surface area contributed by atoms with E-state index in [0.29, 0.717) is 54.5 Å². The van der Waals surface area contributed by atoms with E-state index in [0.717, 1.165) is 0 Å². The first-order chi connectivity index (χ1) is 15.2. The van der Waals surface area contributed by atoms with E-state index in [2.05, 4.69) is 19.7 Å². The number of nitrogens with zero attached hydrogens (tertiary/aromatic N) is 4. The van der Waals surface area contributed by atoms with Gasteiger partial charge in [0.1, 0.15) is 12.4 Å². The van der Waals surface area contributed by atoms with Crippen molar-refractivity contribution in [1.82, 2.24) is 19.9 Å². The highest BCUT2D eigenvalue weighted by atomic mass is 19.4. The highest BCUT2D eigenvalue weighted by Crippen LogP contribution is 2.38. The number of halogens is 3. The molecule has 0 saturated carbocycles. The third-order valence-electron chi connectivity index (χ3n) is 5.69. The Hall–Kier alpha value is -3.11. The number of fused-ring (bicyclic) bond motifs is 2. The van der Waals surface area contributed by atoms with E-state index in [4.69, 9.17) is 9.47 Å². The maximum atomic E-state index is 12.4. The summed E-state index contributed by atoms with van der Waals surface area (Å²) in [6.07, 6.45) is -0.321. The van der Waals surface area contributed by atoms with E-state index in [1.807, 2.05) is 6.92 Å². The second-order valence-electron chi connectivity index (χ2n) is 7.97. The van der Waals surface area contributed by atoms with Gasteiger partial charge in [0.15, 0.2) is 12.4 Å². The van der Waals surface area contributed by atoms with E-state index >= 15 is 0 Å². The summed E-state index contributed by atoms with van der Waals surface area (Å²) in [5.41, 5.74) is 1.34. The second-order valence-corrected chi connectivity index (χ2v) is 7.97. The van der Waals surface area contributed by atoms with Crippen LogP contribution in [0, 0.1) is 13.8 Å². The summed E-state index contributed by atoms with van der Waals surface area (Å²) in [5.74, 6) is 1.29. The summed E-state index contributed by atoms with van der Waals surface area (Å²) >= 11 is 0. The number of aryl methyl sites for hydroxylation is 1. The normalized spacial score (nSPS) is 22.5. The van der Waals surface area contributed by atoms with Crippen LogP contribution in [0.2, 0.25) is 0 Å². The molecule has 11 heteroatoms. The molecule has 1 amide bonds. The van der Waals surface area contributed by atoms with E-state index in [9.17, 15) is 18.0 Å². The molecule has 32 heavy (non-hydrogen) atoms. The van der Waals surface area contributed by atoms with E-state index in [-0.39, 0.29) is 18.2 Å². The molecule has 2 saturated heterocycles. The Bertz CT molecular complexity index is 974. The molecule has 2 unspecified atom stereocenters. The van der Waals surface area contributed by atoms with Gasteiger partial charge in [-0.25, -0.2) is 14.8 Å². The lowest BCUT2D eigenvalue weighted by Gasteiger charge is -2.38. The average molecular weight is 452 g/mol. The minimum Gasteiger partial charge on any atom is -0.474 e. The molecule has 172 valence electrons. The van der Waals surface area contributed by atoms with Crippen molar-refractivity contribution >= 4 is 6.09 Å². The molecule has 0 aliphatic carbocycles. The molecule has 2 aromatic rings. The van der Waals surface area contributed by atoms with Crippen LogP contribution < -0.4 is 9.47 Å². The van der Waals surface area contributed by atoms with Gasteiger partial charge in [0.25, 0.3) is 0 Å². The molecule has 0 N–H and O–H groups in total. The van der Waals surface area contributed by atoms with Crippen LogP contribution in [0.15, 0.2) is 24.7 Å². The molecule has 0 aromatic carbocycles. The standard InChI is InChI=1S/C21H23F3N4O4/c1-12-18(26-11-27-19(12)32-17-4-3-7-25-13(17)2)31-16-8-14-5-6-15(9-16)28(14)20(29)30-10-21(22,23)24/h3-4,7,11,14-16H,5-6,8-10H2,1-2H3. The van der Waals surface area contributed by atoms with Crippen LogP contribution in [-0.2, 0) is 4.74 Å². The van der Waals surface area contributed by atoms with Crippen molar-refractivity contribution in [3.8, 4) is 17.5 Å². The predicted octanol–water partition coefficient (Wildman–Crippen LogP) is 4.35. The van der Waals surface area contributed by atoms with Gasteiger partial charge in [0, 0.05) is 31.1 Å². The Balaban J connectivity index is 1.41. The van der Waals surface area contributed by atoms with Crippen LogP contribution in [0.1, 0.15) is 36.9 Å². The van der Waals surface area contributed by atoms with Gasteiger partial charge in [-0.05, 0) is 38.8 Å². The molecule has 2 aliphatic rings. The lowest BCUT2D eigenvalue weighted by atomic mass is 10.0. The third kappa shape index (κ3) is 4.86. The number of hydrogen-bond acceptors (Lipinski definition) is 7. The van der Waals surface area contributed by atoms with Crippen molar-refractivity contribution in [2.24, 2.45) is 0 Å². The molecule has 2 bridgehead atoms. The summed E-state index contributed by atoms with van der Waals surface area (Å²) in [5, 5.41) is 0. The SMILES string of the molecule is Cc1ncccc1Oc1ncnc(OC2CC3CCC(C2)N3C(=O)OCC(F)(F)F)c1C. The first kappa shape index (κ1) is 22.1. The Morgan fingerprint density at radius 3 is 2.47 bits per heavy atom. The smallest absolute Gasteiger partial charge is 0.422 e. The lowest BCUT2D eigenvalue weighted by Crippen LogP contribution is -2.50. The van der Waals surface area contributed by atoms with Gasteiger partial charge in [-0.15, -0.1) is 0 Å². The fraction of sp³-hybridized carbons (Fsp3) is 0.524. The number of amides is 1. The van der Waals surface area contributed by atoms with Gasteiger partial charge < -0.3 is 19.1 Å². The molecular formula is C21H23F3N4O4. The van der Waals surface area contributed by atoms with Gasteiger partial charge in [-0.2, -0.15) is 13.2 Å². The minimum absolute atomic E-state index is 0.226. The first-order valence-corrected chi connectivity index (χ1v) is 10.3. The number of piperidine rings is 1. The number of ether oxygens (including phenoxy) is 3. The van der Waals surface area contributed by atoms with E-state index < -0.39 is 18.9 Å². The molecule has 2 aliphatic heterocycles. The fourth-order valence-electron chi connectivity index (χ4n) is 4.22. The van der Waals surface area contributed by atoms with Crippen LogP contribution in [0.4, 0.5) is 18.0 Å². The van der Waals surface area contributed by atoms with Crippen molar-refractivity contribution in [3.63, 3.8) is 0 Å². The molecule has 0 radical (unpaired) electrons. The molecule has 2 fully saturated rings. The van der Waals surface area contributed by atoms with Crippen molar-refractivity contribution in [2.75, 3.05) is 6.61 Å². The number of rotatable bonds is 5. The minimum atomic E-state index is -4.55. The van der Waals surface area contributed by atoms with E-state index in [1.54, 1.807) is 25.3 Å². The topological polar surface area (TPSA) is 86.7 Å². The maximum Gasteiger partial charge on any atom is 0.422 e. The van der Waals surface area contributed by atoms with Crippen LogP contribution >= 0.6 is 0 Å². The van der Waals surface area contributed by atoms with Gasteiger partial charge in [0.2, 0.25) is 11.8 Å². The Morgan fingerprint density at radius 1 is 1.12 bits per heavy atom. The van der Waals surface area contributed by atoms with Gasteiger partial charge >= 0.3 is 12.3 Å². The molecule has 2 aromatic heterocycles. The number of carbonyl (C=O) groups is 1. The second kappa shape index (κ2) is 8.79. The fourth-order valence-corrected chi connectivity index (χ4v) is 4.22. The predicted molar refractivity (Wildman–Crippen MR) is 106 cm³/mol. The third-order valence-corrected chi connectivity index (χ3v) is 5.69. The lowest BCUT2D eigenvalue weighted by molar-refractivity contribution is -0.163. The first-order valence-electron chi connectivity index (χ1n) is 10.3. The largest absolute Gasteiger partial charge is 0.474 e. The van der Waals surface area contributed by atoms with Crippen LogP contribution in [0.3, 0.4) is 0 Å². The summed E-state index contributed by atoms with van der Waals surface area (Å²) in [6, 6.07) is 3.10. The number of alkyl halides is 3.